The molecule has 0 aromatic heterocycles. The van der Waals surface area contributed by atoms with Crippen LogP contribution in [0.25, 0.3) is 0 Å². The van der Waals surface area contributed by atoms with Crippen molar-refractivity contribution in [3.63, 3.8) is 0 Å². The summed E-state index contributed by atoms with van der Waals surface area (Å²) in [7, 11) is 0. The maximum Gasteiger partial charge on any atom is 0.321 e. The molecule has 0 spiro atoms. The topological polar surface area (TPSA) is 81.7 Å². The number of hydrogen-bond acceptors (Lipinski definition) is 4. The number of nitrogens with zero attached hydrogens (tertiary/aromatic N) is 1. The minimum absolute atomic E-state index is 0.0953. The van der Waals surface area contributed by atoms with Gasteiger partial charge in [-0.1, -0.05) is 20.8 Å². The Balaban J connectivity index is 4.04. The van der Waals surface area contributed by atoms with E-state index in [2.05, 4.69) is 24.5 Å². The Bertz CT molecular complexity index is 311. The zero-order valence-electron chi connectivity index (χ0n) is 13.3. The third-order valence-corrected chi connectivity index (χ3v) is 2.69. The van der Waals surface area contributed by atoms with E-state index < -0.39 is 11.6 Å². The fraction of sp³-hybridized carbons (Fsp3) is 0.857. The monoisotopic (exact) mass is 287 g/mol. The number of carbonyl (C=O) groups excluding carboxylic acids is 2. The van der Waals surface area contributed by atoms with E-state index in [-0.39, 0.29) is 12.5 Å². The standard InChI is InChI=1S/C14H29N3O3/c1-6-17(10-14(4,5)20)9-12(18)16-13(19)15-8-7-11(2)3/h11,20H,6-10H2,1-5H3,(H2,15,16,18,19). The van der Waals surface area contributed by atoms with Crippen molar-refractivity contribution in [2.24, 2.45) is 5.92 Å². The number of hydrogen-bond donors (Lipinski definition) is 3. The van der Waals surface area contributed by atoms with Crippen LogP contribution < -0.4 is 10.6 Å². The van der Waals surface area contributed by atoms with Gasteiger partial charge in [0.15, 0.2) is 0 Å². The molecule has 0 aromatic carbocycles. The van der Waals surface area contributed by atoms with Gasteiger partial charge in [0.2, 0.25) is 5.91 Å². The lowest BCUT2D eigenvalue weighted by Gasteiger charge is -2.27. The lowest BCUT2D eigenvalue weighted by molar-refractivity contribution is -0.121. The number of rotatable bonds is 8. The van der Waals surface area contributed by atoms with Gasteiger partial charge in [-0.3, -0.25) is 15.0 Å². The Labute approximate surface area is 121 Å². The van der Waals surface area contributed by atoms with Crippen LogP contribution in [0.5, 0.6) is 0 Å². The van der Waals surface area contributed by atoms with Gasteiger partial charge in [0.05, 0.1) is 12.1 Å². The summed E-state index contributed by atoms with van der Waals surface area (Å²) in [5, 5.41) is 14.7. The quantitative estimate of drug-likeness (QED) is 0.621. The van der Waals surface area contributed by atoms with Gasteiger partial charge >= 0.3 is 6.03 Å². The maximum absolute atomic E-state index is 11.7. The summed E-state index contributed by atoms with van der Waals surface area (Å²) < 4.78 is 0. The van der Waals surface area contributed by atoms with Gasteiger partial charge in [-0.2, -0.15) is 0 Å². The molecule has 6 heteroatoms. The molecule has 3 amide bonds. The second kappa shape index (κ2) is 8.92. The number of likely N-dealkylation sites (N-methyl/N-ethyl adjacent to an activating group) is 1. The summed E-state index contributed by atoms with van der Waals surface area (Å²) in [5.74, 6) is 0.145. The molecule has 0 saturated carbocycles. The first-order chi connectivity index (χ1) is 9.14. The van der Waals surface area contributed by atoms with Gasteiger partial charge < -0.3 is 10.4 Å². The van der Waals surface area contributed by atoms with Gasteiger partial charge in [-0.05, 0) is 32.7 Å². The van der Waals surface area contributed by atoms with Crippen LogP contribution in [0.3, 0.4) is 0 Å². The van der Waals surface area contributed by atoms with Crippen LogP contribution in [0.4, 0.5) is 4.79 Å². The van der Waals surface area contributed by atoms with Gasteiger partial charge in [-0.25, -0.2) is 4.79 Å². The van der Waals surface area contributed by atoms with Crippen molar-refractivity contribution in [1.82, 2.24) is 15.5 Å². The molecule has 0 aliphatic rings. The summed E-state index contributed by atoms with van der Waals surface area (Å²) >= 11 is 0. The van der Waals surface area contributed by atoms with Crippen LogP contribution in [-0.2, 0) is 4.79 Å². The van der Waals surface area contributed by atoms with Crippen molar-refractivity contribution in [3.8, 4) is 0 Å². The first-order valence-corrected chi connectivity index (χ1v) is 7.16. The fourth-order valence-electron chi connectivity index (χ4n) is 1.71. The Morgan fingerprint density at radius 2 is 1.90 bits per heavy atom. The van der Waals surface area contributed by atoms with E-state index in [9.17, 15) is 14.7 Å². The molecule has 0 heterocycles. The first-order valence-electron chi connectivity index (χ1n) is 7.16. The summed E-state index contributed by atoms with van der Waals surface area (Å²) in [6, 6.07) is -0.463. The molecule has 3 N–H and O–H groups in total. The van der Waals surface area contributed by atoms with Crippen molar-refractivity contribution < 1.29 is 14.7 Å². The summed E-state index contributed by atoms with van der Waals surface area (Å²) in [6.07, 6.45) is 0.876. The minimum atomic E-state index is -0.865. The lowest BCUT2D eigenvalue weighted by atomic mass is 10.1. The lowest BCUT2D eigenvalue weighted by Crippen LogP contribution is -2.47. The molecule has 0 radical (unpaired) electrons. The molecule has 0 aromatic rings. The Hall–Kier alpha value is -1.14. The smallest absolute Gasteiger partial charge is 0.321 e. The largest absolute Gasteiger partial charge is 0.389 e. The summed E-state index contributed by atoms with van der Waals surface area (Å²) in [5.41, 5.74) is -0.865. The van der Waals surface area contributed by atoms with Crippen LogP contribution in [0.2, 0.25) is 0 Å². The summed E-state index contributed by atoms with van der Waals surface area (Å²) in [4.78, 5) is 25.0. The van der Waals surface area contributed by atoms with Crippen LogP contribution in [-0.4, -0.2) is 53.7 Å². The molecule has 0 aliphatic carbocycles. The number of imide groups is 1. The molecule has 0 saturated heterocycles. The van der Waals surface area contributed by atoms with Gasteiger partial charge in [-0.15, -0.1) is 0 Å². The van der Waals surface area contributed by atoms with Gasteiger partial charge in [0, 0.05) is 13.1 Å². The highest BCUT2D eigenvalue weighted by atomic mass is 16.3. The zero-order valence-corrected chi connectivity index (χ0v) is 13.3. The van der Waals surface area contributed by atoms with Crippen LogP contribution >= 0.6 is 0 Å². The number of nitrogens with one attached hydrogen (secondary N) is 2. The van der Waals surface area contributed by atoms with Crippen molar-refractivity contribution in [3.05, 3.63) is 0 Å². The van der Waals surface area contributed by atoms with E-state index in [0.29, 0.717) is 25.6 Å². The molecule has 0 aliphatic heterocycles. The zero-order chi connectivity index (χ0) is 15.8. The van der Waals surface area contributed by atoms with E-state index >= 15 is 0 Å². The van der Waals surface area contributed by atoms with Crippen molar-refractivity contribution >= 4 is 11.9 Å². The highest BCUT2D eigenvalue weighted by Gasteiger charge is 2.19. The van der Waals surface area contributed by atoms with Crippen LogP contribution in [0, 0.1) is 5.92 Å². The number of urea groups is 1. The van der Waals surface area contributed by atoms with E-state index in [4.69, 9.17) is 0 Å². The van der Waals surface area contributed by atoms with E-state index in [1.54, 1.807) is 18.7 Å². The molecule has 6 nitrogen and oxygen atoms in total. The Morgan fingerprint density at radius 3 is 2.35 bits per heavy atom. The SMILES string of the molecule is CCN(CC(=O)NC(=O)NCCC(C)C)CC(C)(C)O. The minimum Gasteiger partial charge on any atom is -0.389 e. The molecule has 0 atom stereocenters. The molecule has 0 unspecified atom stereocenters. The fourth-order valence-corrected chi connectivity index (χ4v) is 1.71. The van der Waals surface area contributed by atoms with Gasteiger partial charge in [0.25, 0.3) is 0 Å². The maximum atomic E-state index is 11.7. The second-order valence-electron chi connectivity index (χ2n) is 6.10. The molecule has 0 fully saturated rings. The molecule has 0 bridgehead atoms. The van der Waals surface area contributed by atoms with Crippen molar-refractivity contribution in [2.45, 2.75) is 46.6 Å². The number of amides is 3. The van der Waals surface area contributed by atoms with Crippen LogP contribution in [0.1, 0.15) is 41.0 Å². The number of aliphatic hydroxyl groups is 1. The van der Waals surface area contributed by atoms with E-state index in [1.165, 1.54) is 0 Å². The predicted octanol–water partition coefficient (Wildman–Crippen LogP) is 0.951. The van der Waals surface area contributed by atoms with Crippen LogP contribution in [0.15, 0.2) is 0 Å². The van der Waals surface area contributed by atoms with Gasteiger partial charge in [0.1, 0.15) is 0 Å². The third-order valence-electron chi connectivity index (χ3n) is 2.69. The summed E-state index contributed by atoms with van der Waals surface area (Å²) in [6.45, 7) is 11.1. The second-order valence-corrected chi connectivity index (χ2v) is 6.10. The highest BCUT2D eigenvalue weighted by Crippen LogP contribution is 2.04. The Kier molecular flexibility index (Phi) is 8.41. The molecule has 118 valence electrons. The number of carbonyl (C=O) groups is 2. The average Bonchev–Trinajstić information content (AvgIpc) is 2.25. The van der Waals surface area contributed by atoms with Crippen molar-refractivity contribution in [2.75, 3.05) is 26.2 Å². The average molecular weight is 287 g/mol. The third kappa shape index (κ3) is 10.8. The molecule has 0 rings (SSSR count). The van der Waals surface area contributed by atoms with E-state index in [0.717, 1.165) is 6.42 Å². The molecular weight excluding hydrogens is 258 g/mol. The normalized spacial score (nSPS) is 11.8. The first kappa shape index (κ1) is 18.9. The molecule has 20 heavy (non-hydrogen) atoms. The predicted molar refractivity (Wildman–Crippen MR) is 79.4 cm³/mol. The van der Waals surface area contributed by atoms with E-state index in [1.807, 2.05) is 6.92 Å². The Morgan fingerprint density at radius 1 is 1.30 bits per heavy atom. The highest BCUT2D eigenvalue weighted by molar-refractivity contribution is 5.95. The van der Waals surface area contributed by atoms with Crippen molar-refractivity contribution in [1.29, 1.82) is 0 Å². The molecular formula is C14H29N3O3.